The van der Waals surface area contributed by atoms with Gasteiger partial charge in [0.2, 0.25) is 0 Å². The summed E-state index contributed by atoms with van der Waals surface area (Å²) in [6, 6.07) is 0. The number of hydrogen-bond acceptors (Lipinski definition) is 4. The zero-order chi connectivity index (χ0) is 30.4. The number of rotatable bonds is 23. The van der Waals surface area contributed by atoms with Crippen molar-refractivity contribution in [2.75, 3.05) is 5.75 Å². The van der Waals surface area contributed by atoms with Crippen molar-refractivity contribution in [2.24, 2.45) is 0 Å². The van der Waals surface area contributed by atoms with Crippen molar-refractivity contribution in [3.8, 4) is 0 Å². The van der Waals surface area contributed by atoms with Gasteiger partial charge >= 0.3 is 208 Å². The van der Waals surface area contributed by atoms with Gasteiger partial charge in [-0.25, -0.2) is 9.59 Å². The van der Waals surface area contributed by atoms with E-state index in [1.165, 1.54) is 89.9 Å². The molecule has 3 N–H and O–H groups in total. The molecular formula is C30H60O6SSn2. The van der Waals surface area contributed by atoms with Crippen molar-refractivity contribution in [1.82, 2.24) is 0 Å². The Morgan fingerprint density at radius 2 is 0.769 bits per heavy atom. The summed E-state index contributed by atoms with van der Waals surface area (Å²) < 4.78 is 6.56. The number of carbonyl (C=O) groups is 3. The Balaban J connectivity index is -0.000000234. The van der Waals surface area contributed by atoms with Gasteiger partial charge in [-0.3, -0.25) is 4.79 Å². The maximum atomic E-state index is 9.55. The van der Waals surface area contributed by atoms with E-state index in [9.17, 15) is 14.4 Å². The van der Waals surface area contributed by atoms with E-state index >= 15 is 0 Å². The molecule has 0 rings (SSSR count). The first-order valence-electron chi connectivity index (χ1n) is 15.1. The number of carboxylic acids is 3. The van der Waals surface area contributed by atoms with Gasteiger partial charge in [0.15, 0.2) is 0 Å². The molecule has 0 heterocycles. The first-order valence-corrected chi connectivity index (χ1v) is 23.8. The van der Waals surface area contributed by atoms with Gasteiger partial charge in [-0.2, -0.15) is 12.6 Å². The Morgan fingerprint density at radius 3 is 1.03 bits per heavy atom. The molecule has 0 saturated carbocycles. The average Bonchev–Trinajstić information content (AvgIpc) is 2.91. The Labute approximate surface area is 266 Å². The zero-order valence-corrected chi connectivity index (χ0v) is 32.1. The van der Waals surface area contributed by atoms with Gasteiger partial charge in [0.25, 0.3) is 0 Å². The van der Waals surface area contributed by atoms with Gasteiger partial charge in [-0.1, -0.05) is 0 Å². The van der Waals surface area contributed by atoms with E-state index in [0.29, 0.717) is 12.2 Å². The monoisotopic (exact) mass is 788 g/mol. The molecule has 0 aliphatic rings. The number of thiol groups is 1. The largest absolute Gasteiger partial charge is 0.481 e. The Bertz CT molecular complexity index is 498. The third kappa shape index (κ3) is 67.6. The molecule has 0 spiro atoms. The molecule has 0 bridgehead atoms. The summed E-state index contributed by atoms with van der Waals surface area (Å²) in [5.41, 5.74) is 0. The van der Waals surface area contributed by atoms with Crippen molar-refractivity contribution >= 4 is 72.8 Å². The van der Waals surface area contributed by atoms with E-state index in [-0.39, 0.29) is 48.0 Å². The van der Waals surface area contributed by atoms with Gasteiger partial charge in [-0.05, 0) is 0 Å². The molecule has 0 fully saturated rings. The molecule has 230 valence electrons. The second-order valence-corrected chi connectivity index (χ2v) is 18.2. The SMILES string of the molecule is CCCCCCC[CH2][Sn][CH2]CCCCCCC.CCC[CH2][Sn][CH2]CCC.O=C(O)C=CC(=O)O.O=C(O)CS. The van der Waals surface area contributed by atoms with Crippen LogP contribution in [0.4, 0.5) is 0 Å². The summed E-state index contributed by atoms with van der Waals surface area (Å²) in [5, 5.41) is 23.3. The van der Waals surface area contributed by atoms with Gasteiger partial charge in [-0.15, -0.1) is 0 Å². The fourth-order valence-electron chi connectivity index (χ4n) is 3.06. The predicted molar refractivity (Wildman–Crippen MR) is 173 cm³/mol. The Kier molecular flexibility index (Phi) is 53.3. The smallest absolute Gasteiger partial charge is 0.328 e. The Morgan fingerprint density at radius 1 is 0.513 bits per heavy atom. The Hall–Kier alpha value is 0.0974. The van der Waals surface area contributed by atoms with Crippen LogP contribution in [0.1, 0.15) is 130 Å². The summed E-state index contributed by atoms with van der Waals surface area (Å²) in [6.45, 7) is 9.18. The third-order valence-corrected chi connectivity index (χ3v) is 13.7. The number of unbranched alkanes of at least 4 members (excludes halogenated alkanes) is 12. The minimum atomic E-state index is -1.26. The summed E-state index contributed by atoms with van der Waals surface area (Å²) in [6.07, 6.45) is 24.8. The molecule has 0 saturated heterocycles. The van der Waals surface area contributed by atoms with Crippen LogP contribution in [0.5, 0.6) is 0 Å². The van der Waals surface area contributed by atoms with Crippen molar-refractivity contribution in [3.63, 3.8) is 0 Å². The van der Waals surface area contributed by atoms with Crippen molar-refractivity contribution in [1.29, 1.82) is 0 Å². The maximum absolute atomic E-state index is 9.55. The molecule has 0 aliphatic heterocycles. The van der Waals surface area contributed by atoms with E-state index in [4.69, 9.17) is 15.3 Å². The predicted octanol–water partition coefficient (Wildman–Crippen LogP) is 9.09. The molecule has 0 atom stereocenters. The second kappa shape index (κ2) is 45.1. The van der Waals surface area contributed by atoms with Crippen LogP contribution in [0.2, 0.25) is 17.7 Å². The minimum absolute atomic E-state index is 0.0736. The minimum Gasteiger partial charge on any atom is -0.481 e. The van der Waals surface area contributed by atoms with Gasteiger partial charge in [0, 0.05) is 12.2 Å². The van der Waals surface area contributed by atoms with Crippen LogP contribution >= 0.6 is 12.6 Å². The number of carboxylic acid groups (broad SMARTS) is 3. The summed E-state index contributed by atoms with van der Waals surface area (Å²) in [5.74, 6) is -3.48. The summed E-state index contributed by atoms with van der Waals surface area (Å²) in [4.78, 5) is 28.4. The molecule has 0 aromatic carbocycles. The van der Waals surface area contributed by atoms with E-state index in [0.717, 1.165) is 0 Å². The van der Waals surface area contributed by atoms with Crippen LogP contribution < -0.4 is 0 Å². The van der Waals surface area contributed by atoms with E-state index in [1.54, 1.807) is 30.6 Å². The molecule has 39 heavy (non-hydrogen) atoms. The first kappa shape index (κ1) is 46.1. The van der Waals surface area contributed by atoms with E-state index in [1.807, 2.05) is 0 Å². The van der Waals surface area contributed by atoms with Crippen LogP contribution in [0, 0.1) is 0 Å². The van der Waals surface area contributed by atoms with Crippen LogP contribution in [0.3, 0.4) is 0 Å². The van der Waals surface area contributed by atoms with Crippen molar-refractivity contribution < 1.29 is 29.7 Å². The van der Waals surface area contributed by atoms with Gasteiger partial charge < -0.3 is 15.3 Å². The number of aliphatic carboxylic acids is 3. The van der Waals surface area contributed by atoms with Crippen LogP contribution in [0.15, 0.2) is 12.2 Å². The van der Waals surface area contributed by atoms with Crippen LogP contribution in [-0.4, -0.2) is 81.3 Å². The third-order valence-electron chi connectivity index (χ3n) is 5.33. The second-order valence-electron chi connectivity index (χ2n) is 9.30. The summed E-state index contributed by atoms with van der Waals surface area (Å²) >= 11 is 3.64. The topological polar surface area (TPSA) is 112 Å². The van der Waals surface area contributed by atoms with E-state index < -0.39 is 17.9 Å². The van der Waals surface area contributed by atoms with Crippen LogP contribution in [0.25, 0.3) is 0 Å². The molecule has 0 amide bonds. The number of hydrogen-bond donors (Lipinski definition) is 4. The average molecular weight is 786 g/mol. The van der Waals surface area contributed by atoms with E-state index in [2.05, 4.69) is 40.3 Å². The quantitative estimate of drug-likeness (QED) is 0.0356. The normalized spacial score (nSPS) is 9.97. The molecule has 0 aliphatic carbocycles. The summed E-state index contributed by atoms with van der Waals surface area (Å²) in [7, 11) is 0. The molecule has 0 aromatic heterocycles. The maximum Gasteiger partial charge on any atom is 0.328 e. The van der Waals surface area contributed by atoms with Crippen molar-refractivity contribution in [2.45, 2.75) is 148 Å². The zero-order valence-electron chi connectivity index (χ0n) is 25.5. The molecule has 4 radical (unpaired) electrons. The molecule has 0 unspecified atom stereocenters. The first-order chi connectivity index (χ1) is 18.7. The molecule has 6 nitrogen and oxygen atoms in total. The molecule has 0 aromatic rings. The fourth-order valence-corrected chi connectivity index (χ4v) is 10.8. The standard InChI is InChI=1S/2C8H17.C4H4O4.2C4H9.C2H4O2S.2Sn/c2*1-3-5-7-8-6-4-2;5-3(6)1-2-4(7)8;2*1-3-4-2;3-2(4)1-5;;/h2*1,3-8H2,2H3;1-2H,(H,5,6)(H,7,8);2*1,3-4H2,2H3;5H,1H2,(H,3,4);;. The molecular weight excluding hydrogens is 726 g/mol. The van der Waals surface area contributed by atoms with Gasteiger partial charge in [0.05, 0.1) is 5.75 Å². The molecule has 9 heteroatoms. The fraction of sp³-hybridized carbons (Fsp3) is 0.833. The van der Waals surface area contributed by atoms with Gasteiger partial charge in [0.1, 0.15) is 0 Å². The van der Waals surface area contributed by atoms with Crippen LogP contribution in [-0.2, 0) is 14.4 Å². The van der Waals surface area contributed by atoms with Crippen molar-refractivity contribution in [3.05, 3.63) is 12.2 Å².